The molecule has 4 amide bonds. The third-order valence-electron chi connectivity index (χ3n) is 15.0. The Labute approximate surface area is 510 Å². The number of hydrogen-bond acceptors (Lipinski definition) is 13. The molecule has 0 bridgehead atoms. The van der Waals surface area contributed by atoms with Crippen molar-refractivity contribution in [2.45, 2.75) is 336 Å². The second-order valence-corrected chi connectivity index (χ2v) is 26.1. The number of carbonyl (C=O) groups is 5. The van der Waals surface area contributed by atoms with Crippen LogP contribution < -0.4 is 21.3 Å². The first-order valence-electron chi connectivity index (χ1n) is 33.6. The van der Waals surface area contributed by atoms with Crippen molar-refractivity contribution in [3.05, 3.63) is 0 Å². The van der Waals surface area contributed by atoms with E-state index in [4.69, 9.17) is 27.6 Å². The molecule has 6 unspecified atom stereocenters. The lowest BCUT2D eigenvalue weighted by molar-refractivity contribution is -0.151. The lowest BCUT2D eigenvalue weighted by Crippen LogP contribution is -2.39. The molecule has 0 saturated carbocycles. The summed E-state index contributed by atoms with van der Waals surface area (Å²) in [6.07, 6.45) is 42.0. The van der Waals surface area contributed by atoms with Crippen molar-refractivity contribution in [3.63, 3.8) is 0 Å². The molecule has 6 atom stereocenters. The molecule has 0 radical (unpaired) electrons. The van der Waals surface area contributed by atoms with E-state index in [2.05, 4.69) is 49.0 Å². The molecule has 0 saturated heterocycles. The molecule has 21 heteroatoms. The minimum absolute atomic E-state index is 0.182. The number of esters is 2. The standard InChI is InChI=1S/C63H124N4O15P2/c1-7-11-15-19-23-25-27-29-33-37-47-61(70)81-59(43-35-31-21-17-13-9-3)45-39-41-57(66-55(5)68)53-79-83(73,74)77-51-49-64-63(72)65-50-52-78-84(75,76)80-54-58(67-56(6)69)42-40-46-60(44-36-32-22-18-14-10-4)82-62(71)48-38-34-30-28-26-24-20-16-12-8-2/h57-60H,7-54H2,1-6H3,(H,66,68)(H,67,69)(H,73,74)(H,75,76)(H2,64,65,72). The quantitative estimate of drug-likeness (QED) is 0.0188. The lowest BCUT2D eigenvalue weighted by Gasteiger charge is -2.22. The highest BCUT2D eigenvalue weighted by Crippen LogP contribution is 2.44. The van der Waals surface area contributed by atoms with Crippen molar-refractivity contribution < 1.29 is 70.5 Å². The molecule has 0 aliphatic carbocycles. The molecule has 496 valence electrons. The molecular weight excluding hydrogens is 1110 g/mol. The first kappa shape index (κ1) is 81.4. The fourth-order valence-corrected chi connectivity index (χ4v) is 11.7. The Hall–Kier alpha value is -2.63. The van der Waals surface area contributed by atoms with Crippen molar-refractivity contribution in [1.29, 1.82) is 0 Å². The summed E-state index contributed by atoms with van der Waals surface area (Å²) >= 11 is 0. The number of urea groups is 1. The highest BCUT2D eigenvalue weighted by Gasteiger charge is 2.26. The molecule has 84 heavy (non-hydrogen) atoms. The number of carbonyl (C=O) groups excluding carboxylic acids is 5. The van der Waals surface area contributed by atoms with Crippen LogP contribution >= 0.6 is 15.6 Å². The van der Waals surface area contributed by atoms with Gasteiger partial charge in [0.2, 0.25) is 11.8 Å². The molecular formula is C63H124N4O15P2. The Bertz CT molecular complexity index is 1600. The predicted octanol–water partition coefficient (Wildman–Crippen LogP) is 15.8. The first-order chi connectivity index (χ1) is 40.4. The van der Waals surface area contributed by atoms with Gasteiger partial charge >= 0.3 is 33.6 Å². The van der Waals surface area contributed by atoms with Crippen LogP contribution in [0.4, 0.5) is 4.79 Å². The molecule has 0 aromatic carbocycles. The van der Waals surface area contributed by atoms with Crippen LogP contribution in [0.25, 0.3) is 0 Å². The van der Waals surface area contributed by atoms with E-state index in [1.54, 1.807) is 0 Å². The molecule has 0 aromatic heterocycles. The molecule has 0 aromatic rings. The van der Waals surface area contributed by atoms with Gasteiger partial charge in [-0.15, -0.1) is 0 Å². The molecule has 0 aliphatic rings. The fraction of sp³-hybridized carbons (Fsp3) is 0.921. The average Bonchev–Trinajstić information content (AvgIpc) is 3.47. The van der Waals surface area contributed by atoms with E-state index >= 15 is 0 Å². The zero-order valence-electron chi connectivity index (χ0n) is 53.8. The second kappa shape index (κ2) is 56.9. The topological polar surface area (TPSA) is 263 Å². The second-order valence-electron chi connectivity index (χ2n) is 23.2. The molecule has 0 aliphatic heterocycles. The zero-order chi connectivity index (χ0) is 62.2. The number of ether oxygens (including phenoxy) is 2. The van der Waals surface area contributed by atoms with Gasteiger partial charge in [0.1, 0.15) is 12.2 Å². The molecule has 6 N–H and O–H groups in total. The van der Waals surface area contributed by atoms with Crippen molar-refractivity contribution in [3.8, 4) is 0 Å². The van der Waals surface area contributed by atoms with Crippen LogP contribution in [-0.4, -0.2) is 103 Å². The first-order valence-corrected chi connectivity index (χ1v) is 36.6. The highest BCUT2D eigenvalue weighted by molar-refractivity contribution is 7.47. The van der Waals surface area contributed by atoms with Crippen LogP contribution in [0.15, 0.2) is 0 Å². The van der Waals surface area contributed by atoms with E-state index in [-0.39, 0.29) is 62.3 Å². The maximum atomic E-state index is 12.9. The number of unbranched alkanes of at least 4 members (excludes halogenated alkanes) is 28. The van der Waals surface area contributed by atoms with Gasteiger partial charge in [-0.05, 0) is 77.0 Å². The van der Waals surface area contributed by atoms with Crippen LogP contribution in [-0.2, 0) is 55.9 Å². The number of phosphoric ester groups is 2. The smallest absolute Gasteiger partial charge is 0.462 e. The van der Waals surface area contributed by atoms with Gasteiger partial charge in [-0.1, -0.05) is 207 Å². The largest absolute Gasteiger partial charge is 0.472 e. The third-order valence-corrected chi connectivity index (χ3v) is 16.9. The minimum Gasteiger partial charge on any atom is -0.462 e. The van der Waals surface area contributed by atoms with E-state index in [1.807, 2.05) is 0 Å². The summed E-state index contributed by atoms with van der Waals surface area (Å²) in [7, 11) is -9.20. The van der Waals surface area contributed by atoms with Crippen molar-refractivity contribution in [2.75, 3.05) is 39.5 Å². The van der Waals surface area contributed by atoms with E-state index in [1.165, 1.54) is 142 Å². The van der Waals surface area contributed by atoms with Gasteiger partial charge in [-0.25, -0.2) is 13.9 Å². The number of phosphoric acid groups is 2. The van der Waals surface area contributed by atoms with Crippen molar-refractivity contribution >= 4 is 45.4 Å². The predicted molar refractivity (Wildman–Crippen MR) is 336 cm³/mol. The van der Waals surface area contributed by atoms with Crippen molar-refractivity contribution in [1.82, 2.24) is 21.3 Å². The number of hydrogen-bond donors (Lipinski definition) is 6. The Balaban J connectivity index is 4.88. The minimum atomic E-state index is -4.60. The summed E-state index contributed by atoms with van der Waals surface area (Å²) in [6, 6.07) is -1.93. The Kier molecular flexibility index (Phi) is 55.1. The summed E-state index contributed by atoms with van der Waals surface area (Å²) in [5.41, 5.74) is 0. The maximum Gasteiger partial charge on any atom is 0.472 e. The Morgan fingerprint density at radius 2 is 0.643 bits per heavy atom. The fourth-order valence-electron chi connectivity index (χ4n) is 10.1. The summed E-state index contributed by atoms with van der Waals surface area (Å²) in [5.74, 6) is -1.04. The summed E-state index contributed by atoms with van der Waals surface area (Å²) in [6.45, 7) is 9.71. The summed E-state index contributed by atoms with van der Waals surface area (Å²) < 4.78 is 58.1. The third kappa shape index (κ3) is 55.9. The van der Waals surface area contributed by atoms with E-state index < -0.39 is 47.0 Å². The molecule has 19 nitrogen and oxygen atoms in total. The van der Waals surface area contributed by atoms with Crippen molar-refractivity contribution in [2.24, 2.45) is 0 Å². The summed E-state index contributed by atoms with van der Waals surface area (Å²) in [4.78, 5) is 83.2. The highest BCUT2D eigenvalue weighted by atomic mass is 31.2. The zero-order valence-corrected chi connectivity index (χ0v) is 55.6. The Morgan fingerprint density at radius 3 is 0.940 bits per heavy atom. The SMILES string of the molecule is CCCCCCCCCCCCC(=O)OC(CCCCCCCC)CCCC(COP(=O)(O)OCCNC(=O)NCCOP(=O)(O)OCC(CCCC(CCCCCCCC)OC(=O)CCCCCCCCCCCC)NC(C)=O)NC(C)=O. The number of nitrogens with one attached hydrogen (secondary N) is 4. The van der Waals surface area contributed by atoms with Crippen LogP contribution in [0.1, 0.15) is 311 Å². The van der Waals surface area contributed by atoms with Gasteiger partial charge in [0.25, 0.3) is 0 Å². The van der Waals surface area contributed by atoms with E-state index in [0.29, 0.717) is 51.4 Å². The van der Waals surface area contributed by atoms with Gasteiger partial charge in [0.05, 0.1) is 38.5 Å². The van der Waals surface area contributed by atoms with Gasteiger partial charge in [0.15, 0.2) is 0 Å². The van der Waals surface area contributed by atoms with Crippen LogP contribution in [0, 0.1) is 0 Å². The van der Waals surface area contributed by atoms with E-state index in [0.717, 1.165) is 89.9 Å². The van der Waals surface area contributed by atoms with Gasteiger partial charge in [-0.2, -0.15) is 0 Å². The maximum absolute atomic E-state index is 12.9. The monoisotopic (exact) mass is 1240 g/mol. The molecule has 0 rings (SSSR count). The average molecular weight is 1240 g/mol. The van der Waals surface area contributed by atoms with Crippen LogP contribution in [0.2, 0.25) is 0 Å². The Morgan fingerprint density at radius 1 is 0.369 bits per heavy atom. The lowest BCUT2D eigenvalue weighted by atomic mass is 10.0. The van der Waals surface area contributed by atoms with Gasteiger partial charge < -0.3 is 40.5 Å². The number of amides is 4. The molecule has 0 heterocycles. The molecule has 0 fully saturated rings. The molecule has 0 spiro atoms. The number of rotatable bonds is 62. The summed E-state index contributed by atoms with van der Waals surface area (Å²) in [5, 5.41) is 10.4. The van der Waals surface area contributed by atoms with Gasteiger partial charge in [0, 0.05) is 39.8 Å². The van der Waals surface area contributed by atoms with Crippen LogP contribution in [0.3, 0.4) is 0 Å². The van der Waals surface area contributed by atoms with E-state index in [9.17, 15) is 42.9 Å². The van der Waals surface area contributed by atoms with Crippen LogP contribution in [0.5, 0.6) is 0 Å². The van der Waals surface area contributed by atoms with Gasteiger partial charge in [-0.3, -0.25) is 37.3 Å². The normalized spacial score (nSPS) is 14.4.